The Morgan fingerprint density at radius 1 is 0.651 bits per heavy atom. The molecule has 4 heterocycles. The van der Waals surface area contributed by atoms with Crippen LogP contribution in [0, 0.1) is 0 Å². The van der Waals surface area contributed by atoms with Crippen molar-refractivity contribution in [1.29, 1.82) is 0 Å². The molecule has 15 atom stereocenters. The van der Waals surface area contributed by atoms with Crippen LogP contribution in [0.15, 0.2) is 66.4 Å². The Balaban J connectivity index is 1.23. The van der Waals surface area contributed by atoms with Gasteiger partial charge in [0, 0.05) is 18.2 Å². The van der Waals surface area contributed by atoms with Crippen LogP contribution >= 0.6 is 0 Å². The summed E-state index contributed by atoms with van der Waals surface area (Å²) in [5.74, 6) is -2.85. The molecule has 22 nitrogen and oxygen atoms in total. The summed E-state index contributed by atoms with van der Waals surface area (Å²) >= 11 is 0. The lowest BCUT2D eigenvalue weighted by Crippen LogP contribution is -2.61. The first-order valence-corrected chi connectivity index (χ1v) is 19.4. The average molecular weight is 892 g/mol. The molecular weight excluding hydrogens is 844 g/mol. The summed E-state index contributed by atoms with van der Waals surface area (Å²) in [7, 11) is 0. The van der Waals surface area contributed by atoms with E-state index in [1.807, 2.05) is 0 Å². The van der Waals surface area contributed by atoms with Gasteiger partial charge >= 0.3 is 5.97 Å². The highest BCUT2D eigenvalue weighted by atomic mass is 16.8. The third kappa shape index (κ3) is 9.78. The number of hydrogen-bond acceptors (Lipinski definition) is 21. The molecule has 3 fully saturated rings. The normalized spacial score (nSPS) is 34.2. The minimum atomic E-state index is -1.98. The van der Waals surface area contributed by atoms with E-state index in [9.17, 15) is 71.2 Å². The van der Waals surface area contributed by atoms with Crippen LogP contribution in [0.5, 0.6) is 34.5 Å². The summed E-state index contributed by atoms with van der Waals surface area (Å²) in [5, 5.41) is 136. The Hall–Kier alpha value is -5.31. The Bertz CT molecular complexity index is 2130. The van der Waals surface area contributed by atoms with Crippen molar-refractivity contribution in [2.45, 2.75) is 92.1 Å². The lowest BCUT2D eigenvalue weighted by atomic mass is 9.98. The summed E-state index contributed by atoms with van der Waals surface area (Å²) < 4.78 is 45.2. The van der Waals surface area contributed by atoms with Gasteiger partial charge in [0.25, 0.3) is 11.9 Å². The molecule has 4 aliphatic heterocycles. The second-order valence-electron chi connectivity index (χ2n) is 15.0. The number of rotatable bonds is 13. The number of hydrogen-bond donors (Lipinski definition) is 13. The van der Waals surface area contributed by atoms with Gasteiger partial charge in [0.15, 0.2) is 29.7 Å². The molecule has 0 aliphatic carbocycles. The first-order chi connectivity index (χ1) is 30.1. The predicted octanol–water partition coefficient (Wildman–Crippen LogP) is -2.43. The van der Waals surface area contributed by atoms with E-state index in [4.69, 9.17) is 33.2 Å². The summed E-state index contributed by atoms with van der Waals surface area (Å²) in [5.41, 5.74) is 0.709. The van der Waals surface area contributed by atoms with E-state index in [0.29, 0.717) is 5.56 Å². The fourth-order valence-corrected chi connectivity index (χ4v) is 7.22. The summed E-state index contributed by atoms with van der Waals surface area (Å²) in [6.45, 7) is -2.20. The molecular formula is C41H47O22+. The monoisotopic (exact) mass is 891 g/mol. The largest absolute Gasteiger partial charge is 0.571 e. The van der Waals surface area contributed by atoms with Gasteiger partial charge < -0.3 is 104 Å². The average Bonchev–Trinajstić information content (AvgIpc) is 3.54. The highest BCUT2D eigenvalue weighted by molar-refractivity contribution is 5.87. The molecule has 14 N–H and O–H groups in total. The van der Waals surface area contributed by atoms with Crippen LogP contribution < -0.4 is 4.74 Å². The molecule has 3 saturated heterocycles. The number of benzene rings is 3. The molecule has 63 heavy (non-hydrogen) atoms. The zero-order chi connectivity index (χ0) is 45.3. The van der Waals surface area contributed by atoms with Gasteiger partial charge in [-0.1, -0.05) is 12.1 Å². The minimum absolute atomic E-state index is 0.00369. The smallest absolute Gasteiger partial charge is 0.330 e. The molecule has 0 spiro atoms. The number of ether oxygens (including phenoxy) is 8. The van der Waals surface area contributed by atoms with E-state index in [1.165, 1.54) is 48.6 Å². The molecule has 22 heteroatoms. The molecule has 0 radical (unpaired) electrons. The van der Waals surface area contributed by atoms with Gasteiger partial charge in [-0.2, -0.15) is 0 Å². The van der Waals surface area contributed by atoms with E-state index < -0.39 is 135 Å². The maximum atomic E-state index is 12.7. The number of aromatic hydroxyl groups is 5. The van der Waals surface area contributed by atoms with Crippen molar-refractivity contribution in [2.24, 2.45) is 0 Å². The molecule has 0 saturated carbocycles. The predicted molar refractivity (Wildman–Crippen MR) is 207 cm³/mol. The van der Waals surface area contributed by atoms with Crippen LogP contribution in [0.25, 0.3) is 12.2 Å². The van der Waals surface area contributed by atoms with Crippen molar-refractivity contribution >= 4 is 18.1 Å². The topological polar surface area (TPSA) is 357 Å². The van der Waals surface area contributed by atoms with Gasteiger partial charge in [-0.25, -0.2) is 4.79 Å². The van der Waals surface area contributed by atoms with E-state index >= 15 is 0 Å². The van der Waals surface area contributed by atoms with Crippen molar-refractivity contribution in [1.82, 2.24) is 0 Å². The second-order valence-corrected chi connectivity index (χ2v) is 15.0. The van der Waals surface area contributed by atoms with Gasteiger partial charge in [0.1, 0.15) is 90.5 Å². The van der Waals surface area contributed by atoms with E-state index in [2.05, 4.69) is 4.74 Å². The Labute approximate surface area is 356 Å². The molecule has 0 aromatic heterocycles. The van der Waals surface area contributed by atoms with Gasteiger partial charge in [-0.05, 0) is 42.0 Å². The highest BCUT2D eigenvalue weighted by Gasteiger charge is 2.53. The second kappa shape index (κ2) is 19.2. The quantitative estimate of drug-likeness (QED) is 0.0367. The molecule has 0 bridgehead atoms. The molecule has 342 valence electrons. The van der Waals surface area contributed by atoms with Crippen molar-refractivity contribution in [3.63, 3.8) is 0 Å². The van der Waals surface area contributed by atoms with E-state index in [0.717, 1.165) is 24.3 Å². The van der Waals surface area contributed by atoms with E-state index in [-0.39, 0.29) is 34.1 Å². The molecule has 7 rings (SSSR count). The number of esters is 1. The minimum Gasteiger partial charge on any atom is -0.571 e. The lowest BCUT2D eigenvalue weighted by Gasteiger charge is -2.43. The summed E-state index contributed by atoms with van der Waals surface area (Å²) in [6.07, 6.45) is -21.6. The fraction of sp³-hybridized carbons (Fsp3) is 0.439. The number of aliphatic hydroxyl groups is 10. The van der Waals surface area contributed by atoms with Crippen LogP contribution in [0.1, 0.15) is 22.8 Å². The Morgan fingerprint density at radius 3 is 1.97 bits per heavy atom. The summed E-state index contributed by atoms with van der Waals surface area (Å²) in [4.78, 5) is 12.7. The standard InChI is InChI=1S/C41H46O22/c42-13-26-30(49)33(52)36(55)39(60-26)58-24-11-19(45)10-23-20(24)12-25(37(57-23)17-4-7-21(46)22(47)9-17)59-41-38(63-40-35(54)31(50)27(14-43)61-40)34(53)32(51)28(62-41)15-56-29(48)8-3-16-1-5-18(44)6-2-16/h1-12,26-28,30-47,49-55H,13-15H2/p+1/b8-3+/t26-,27-,28-,30-,31+,32-,33+,34+,35-,36-,37?,38-,39-,40+,41-/m1/s1. The van der Waals surface area contributed by atoms with Gasteiger partial charge in [0.05, 0.1) is 24.8 Å². The van der Waals surface area contributed by atoms with Crippen molar-refractivity contribution in [3.05, 3.63) is 83.1 Å². The molecule has 4 aliphatic rings. The maximum absolute atomic E-state index is 12.7. The van der Waals surface area contributed by atoms with Crippen LogP contribution in [-0.2, 0) is 33.2 Å². The zero-order valence-corrected chi connectivity index (χ0v) is 32.7. The SMILES string of the molecule is O=C(/C=C/c1ccc(O)cc1)OC[C@H]1O[C@@H](OC2=Cc3c(O[C@@H]4O[C@H](CO)[C@@H](O)[C@H](O)[C@H]4O)cc(O)cc3[OH+]C2c2ccc(O)c(O)c2)[C@H](O[C@@H]2O[C@H](CO)[C@H](O)[C@H]2O)[C@@H](O)[C@@H]1O. The van der Waals surface area contributed by atoms with Crippen LogP contribution in [0.2, 0.25) is 0 Å². The third-order valence-corrected chi connectivity index (χ3v) is 10.7. The molecule has 3 aromatic rings. The Kier molecular flexibility index (Phi) is 13.9. The van der Waals surface area contributed by atoms with Gasteiger partial charge in [-0.3, -0.25) is 0 Å². The number of carbonyl (C=O) groups is 1. The van der Waals surface area contributed by atoms with Crippen LogP contribution in [0.3, 0.4) is 0 Å². The van der Waals surface area contributed by atoms with Crippen molar-refractivity contribution < 1.29 is 109 Å². The van der Waals surface area contributed by atoms with Crippen molar-refractivity contribution in [2.75, 3.05) is 19.8 Å². The fourth-order valence-electron chi connectivity index (χ4n) is 7.22. The zero-order valence-electron chi connectivity index (χ0n) is 32.7. The van der Waals surface area contributed by atoms with Crippen LogP contribution in [0.4, 0.5) is 0 Å². The first-order valence-electron chi connectivity index (χ1n) is 19.4. The highest BCUT2D eigenvalue weighted by Crippen LogP contribution is 2.47. The number of phenols is 4. The molecule has 0 amide bonds. The van der Waals surface area contributed by atoms with E-state index in [1.54, 1.807) is 0 Å². The maximum Gasteiger partial charge on any atom is 0.330 e. The third-order valence-electron chi connectivity index (χ3n) is 10.7. The summed E-state index contributed by atoms with van der Waals surface area (Å²) in [6, 6.07) is 11.8. The Morgan fingerprint density at radius 2 is 1.29 bits per heavy atom. The molecule has 3 aromatic carbocycles. The number of fused-ring (bicyclic) bond motifs is 1. The first kappa shape index (κ1) is 45.7. The van der Waals surface area contributed by atoms with Gasteiger partial charge in [-0.15, -0.1) is 0 Å². The lowest BCUT2D eigenvalue weighted by molar-refractivity contribution is -0.333. The molecule has 1 unspecified atom stereocenters. The van der Waals surface area contributed by atoms with Gasteiger partial charge in [0.2, 0.25) is 12.6 Å². The van der Waals surface area contributed by atoms with Crippen LogP contribution in [-0.4, -0.2) is 183 Å². The number of aliphatic hydroxyl groups excluding tert-OH is 9. The number of phenolic OH excluding ortho intramolecular Hbond substituents is 4. The van der Waals surface area contributed by atoms with Crippen molar-refractivity contribution in [3.8, 4) is 34.5 Å². The number of carbonyl (C=O) groups excluding carboxylic acids is 1.